The predicted molar refractivity (Wildman–Crippen MR) is 97.3 cm³/mol. The van der Waals surface area contributed by atoms with Gasteiger partial charge < -0.3 is 14.4 Å². The van der Waals surface area contributed by atoms with Crippen molar-refractivity contribution < 1.29 is 14.3 Å². The van der Waals surface area contributed by atoms with E-state index in [1.165, 1.54) is 0 Å². The molecule has 0 radical (unpaired) electrons. The molecule has 1 aliphatic rings. The summed E-state index contributed by atoms with van der Waals surface area (Å²) in [6.07, 6.45) is 5.49. The van der Waals surface area contributed by atoms with Crippen LogP contribution >= 0.6 is 0 Å². The molecule has 0 bridgehead atoms. The first kappa shape index (κ1) is 17.3. The molecule has 0 spiro atoms. The molecule has 1 amide bonds. The van der Waals surface area contributed by atoms with Crippen LogP contribution in [0.15, 0.2) is 42.6 Å². The molecule has 5 nitrogen and oxygen atoms in total. The van der Waals surface area contributed by atoms with Gasteiger partial charge in [-0.2, -0.15) is 0 Å². The van der Waals surface area contributed by atoms with E-state index in [4.69, 9.17) is 9.47 Å². The minimum atomic E-state index is -0.497. The van der Waals surface area contributed by atoms with Crippen LogP contribution in [0.25, 0.3) is 0 Å². The third kappa shape index (κ3) is 3.18. The molecule has 0 atom stereocenters. The first-order valence-corrected chi connectivity index (χ1v) is 8.53. The van der Waals surface area contributed by atoms with Crippen LogP contribution in [-0.4, -0.2) is 32.2 Å². The number of amides is 1. The van der Waals surface area contributed by atoms with Crippen molar-refractivity contribution in [2.45, 2.75) is 31.1 Å². The maximum absolute atomic E-state index is 13.4. The Balaban J connectivity index is 1.94. The van der Waals surface area contributed by atoms with E-state index in [1.54, 1.807) is 31.4 Å². The highest BCUT2D eigenvalue weighted by Crippen LogP contribution is 2.44. The lowest BCUT2D eigenvalue weighted by Crippen LogP contribution is -2.43. The summed E-state index contributed by atoms with van der Waals surface area (Å²) in [6, 6.07) is 11.5. The molecule has 2 aromatic rings. The fourth-order valence-corrected chi connectivity index (χ4v) is 3.66. The summed E-state index contributed by atoms with van der Waals surface area (Å²) in [5, 5.41) is 0. The maximum Gasteiger partial charge on any atom is 0.237 e. The first-order chi connectivity index (χ1) is 12.1. The molecule has 1 aromatic carbocycles. The normalized spacial score (nSPS) is 15.6. The number of aromatic nitrogens is 1. The lowest BCUT2D eigenvalue weighted by Gasteiger charge is -2.33. The van der Waals surface area contributed by atoms with Gasteiger partial charge in [0.15, 0.2) is 0 Å². The van der Waals surface area contributed by atoms with Crippen LogP contribution in [0.2, 0.25) is 0 Å². The standard InChI is InChI=1S/C20H24N2O3/c1-22(16-9-10-18(25-3)21-14-16)19(23)20(11-4-5-12-20)15-7-6-8-17(13-15)24-2/h6-10,13-14H,4-5,11-12H2,1-3H3. The summed E-state index contributed by atoms with van der Waals surface area (Å²) in [6.45, 7) is 0. The van der Waals surface area contributed by atoms with E-state index < -0.39 is 5.41 Å². The van der Waals surface area contributed by atoms with Gasteiger partial charge in [0.25, 0.3) is 0 Å². The number of hydrogen-bond acceptors (Lipinski definition) is 4. The van der Waals surface area contributed by atoms with E-state index in [-0.39, 0.29) is 5.91 Å². The van der Waals surface area contributed by atoms with E-state index in [1.807, 2.05) is 37.4 Å². The summed E-state index contributed by atoms with van der Waals surface area (Å²) >= 11 is 0. The van der Waals surface area contributed by atoms with Crippen LogP contribution in [0.3, 0.4) is 0 Å². The van der Waals surface area contributed by atoms with Crippen LogP contribution in [0.5, 0.6) is 11.6 Å². The molecule has 1 saturated carbocycles. The Bertz CT molecular complexity index is 737. The van der Waals surface area contributed by atoms with Crippen molar-refractivity contribution in [2.24, 2.45) is 0 Å². The van der Waals surface area contributed by atoms with Crippen LogP contribution in [0.4, 0.5) is 5.69 Å². The van der Waals surface area contributed by atoms with Crippen molar-refractivity contribution in [1.82, 2.24) is 4.98 Å². The molecule has 1 aliphatic carbocycles. The van der Waals surface area contributed by atoms with Gasteiger partial charge in [0, 0.05) is 13.1 Å². The minimum Gasteiger partial charge on any atom is -0.497 e. The number of pyridine rings is 1. The molecule has 1 fully saturated rings. The molecule has 0 unspecified atom stereocenters. The molecule has 1 aromatic heterocycles. The Morgan fingerprint density at radius 2 is 1.88 bits per heavy atom. The third-order valence-corrected chi connectivity index (χ3v) is 5.11. The SMILES string of the molecule is COc1cccc(C2(C(=O)N(C)c3ccc(OC)nc3)CCCC2)c1. The number of carbonyl (C=O) groups excluding carboxylic acids is 1. The van der Waals surface area contributed by atoms with Crippen molar-refractivity contribution in [3.05, 3.63) is 48.2 Å². The lowest BCUT2D eigenvalue weighted by atomic mass is 9.77. The van der Waals surface area contributed by atoms with Crippen LogP contribution in [0, 0.1) is 0 Å². The van der Waals surface area contributed by atoms with Gasteiger partial charge in [-0.1, -0.05) is 25.0 Å². The molecule has 0 aliphatic heterocycles. The molecule has 25 heavy (non-hydrogen) atoms. The first-order valence-electron chi connectivity index (χ1n) is 8.53. The molecule has 132 valence electrons. The molecule has 0 saturated heterocycles. The number of anilines is 1. The van der Waals surface area contributed by atoms with Gasteiger partial charge in [0.05, 0.1) is 31.5 Å². The number of carbonyl (C=O) groups is 1. The zero-order valence-electron chi connectivity index (χ0n) is 15.0. The summed E-state index contributed by atoms with van der Waals surface area (Å²) in [4.78, 5) is 19.4. The van der Waals surface area contributed by atoms with Crippen molar-refractivity contribution in [3.63, 3.8) is 0 Å². The largest absolute Gasteiger partial charge is 0.497 e. The number of likely N-dealkylation sites (N-methyl/N-ethyl adjacent to an activating group) is 1. The lowest BCUT2D eigenvalue weighted by molar-refractivity contribution is -0.123. The van der Waals surface area contributed by atoms with Crippen molar-refractivity contribution >= 4 is 11.6 Å². The molecular formula is C20H24N2O3. The molecule has 3 rings (SSSR count). The van der Waals surface area contributed by atoms with Gasteiger partial charge in [-0.15, -0.1) is 0 Å². The number of benzene rings is 1. The summed E-state index contributed by atoms with van der Waals surface area (Å²) < 4.78 is 10.5. The summed E-state index contributed by atoms with van der Waals surface area (Å²) in [7, 11) is 5.04. The zero-order chi connectivity index (χ0) is 17.9. The monoisotopic (exact) mass is 340 g/mol. The van der Waals surface area contributed by atoms with Gasteiger partial charge in [-0.25, -0.2) is 4.98 Å². The Labute approximate surface area is 148 Å². The van der Waals surface area contributed by atoms with Crippen molar-refractivity contribution in [2.75, 3.05) is 26.2 Å². The van der Waals surface area contributed by atoms with Gasteiger partial charge >= 0.3 is 0 Å². The highest BCUT2D eigenvalue weighted by molar-refractivity contribution is 6.01. The van der Waals surface area contributed by atoms with Crippen LogP contribution < -0.4 is 14.4 Å². The number of methoxy groups -OCH3 is 2. The van der Waals surface area contributed by atoms with Crippen LogP contribution in [0.1, 0.15) is 31.2 Å². The Morgan fingerprint density at radius 1 is 1.12 bits per heavy atom. The van der Waals surface area contributed by atoms with Crippen LogP contribution in [-0.2, 0) is 10.2 Å². The topological polar surface area (TPSA) is 51.7 Å². The van der Waals surface area contributed by atoms with Gasteiger partial charge in [0.1, 0.15) is 5.75 Å². The summed E-state index contributed by atoms with van der Waals surface area (Å²) in [5.74, 6) is 1.42. The number of rotatable bonds is 5. The molecular weight excluding hydrogens is 316 g/mol. The zero-order valence-corrected chi connectivity index (χ0v) is 15.0. The predicted octanol–water partition coefficient (Wildman–Crippen LogP) is 3.57. The second-order valence-corrected chi connectivity index (χ2v) is 6.44. The molecule has 5 heteroatoms. The quantitative estimate of drug-likeness (QED) is 0.835. The highest BCUT2D eigenvalue weighted by Gasteiger charge is 2.44. The van der Waals surface area contributed by atoms with Gasteiger partial charge in [-0.3, -0.25) is 4.79 Å². The second kappa shape index (κ2) is 7.13. The van der Waals surface area contributed by atoms with E-state index in [0.29, 0.717) is 5.88 Å². The molecule has 0 N–H and O–H groups in total. The smallest absolute Gasteiger partial charge is 0.237 e. The van der Waals surface area contributed by atoms with E-state index in [0.717, 1.165) is 42.7 Å². The fraction of sp³-hybridized carbons (Fsp3) is 0.400. The highest BCUT2D eigenvalue weighted by atomic mass is 16.5. The third-order valence-electron chi connectivity index (χ3n) is 5.11. The van der Waals surface area contributed by atoms with Gasteiger partial charge in [0.2, 0.25) is 11.8 Å². The number of ether oxygens (including phenoxy) is 2. The maximum atomic E-state index is 13.4. The van der Waals surface area contributed by atoms with Crippen molar-refractivity contribution in [1.29, 1.82) is 0 Å². The Kier molecular flexibility index (Phi) is 4.93. The van der Waals surface area contributed by atoms with Crippen molar-refractivity contribution in [3.8, 4) is 11.6 Å². The Hall–Kier alpha value is -2.56. The number of nitrogens with zero attached hydrogens (tertiary/aromatic N) is 2. The summed E-state index contributed by atoms with van der Waals surface area (Å²) in [5.41, 5.74) is 1.30. The fourth-order valence-electron chi connectivity index (χ4n) is 3.66. The van der Waals surface area contributed by atoms with E-state index in [9.17, 15) is 4.79 Å². The van der Waals surface area contributed by atoms with Gasteiger partial charge in [-0.05, 0) is 36.6 Å². The average molecular weight is 340 g/mol. The van der Waals surface area contributed by atoms with E-state index >= 15 is 0 Å². The number of hydrogen-bond donors (Lipinski definition) is 0. The van der Waals surface area contributed by atoms with E-state index in [2.05, 4.69) is 4.98 Å². The minimum absolute atomic E-state index is 0.102. The Morgan fingerprint density at radius 3 is 2.48 bits per heavy atom. The second-order valence-electron chi connectivity index (χ2n) is 6.44. The molecule has 1 heterocycles. The average Bonchev–Trinajstić information content (AvgIpc) is 3.18.